The van der Waals surface area contributed by atoms with Crippen LogP contribution in [-0.4, -0.2) is 37.6 Å². The molecule has 2 N–H and O–H groups in total. The van der Waals surface area contributed by atoms with Crippen LogP contribution in [0.5, 0.6) is 0 Å². The molecule has 5 heteroatoms. The molecule has 0 bridgehead atoms. The Kier molecular flexibility index (Phi) is 4.53. The first kappa shape index (κ1) is 14.5. The van der Waals surface area contributed by atoms with Gasteiger partial charge in [0.1, 0.15) is 5.82 Å². The molecular weight excluding hydrogens is 285 g/mol. The molecule has 2 heterocycles. The molecule has 0 saturated carbocycles. The highest BCUT2D eigenvalue weighted by atomic mass is 32.1. The number of benzene rings is 1. The molecule has 1 unspecified atom stereocenters. The summed E-state index contributed by atoms with van der Waals surface area (Å²) in [5.41, 5.74) is 7.06. The first-order valence-electron chi connectivity index (χ1n) is 7.26. The molecule has 21 heavy (non-hydrogen) atoms. The van der Waals surface area contributed by atoms with Crippen molar-refractivity contribution in [2.24, 2.45) is 5.73 Å². The fourth-order valence-electron chi connectivity index (χ4n) is 2.87. The summed E-state index contributed by atoms with van der Waals surface area (Å²) < 4.78 is 13.0. The molecule has 1 saturated heterocycles. The van der Waals surface area contributed by atoms with E-state index in [1.54, 1.807) is 11.3 Å². The molecule has 1 aromatic heterocycles. The Labute approximate surface area is 128 Å². The lowest BCUT2D eigenvalue weighted by atomic mass is 10.1. The van der Waals surface area contributed by atoms with Crippen molar-refractivity contribution in [3.05, 3.63) is 52.5 Å². The molecule has 0 amide bonds. The van der Waals surface area contributed by atoms with Crippen molar-refractivity contribution in [1.29, 1.82) is 0 Å². The summed E-state index contributed by atoms with van der Waals surface area (Å²) in [6.07, 6.45) is 0. The predicted octanol–water partition coefficient (Wildman–Crippen LogP) is 2.71. The number of anilines is 1. The second-order valence-corrected chi connectivity index (χ2v) is 6.25. The van der Waals surface area contributed by atoms with Gasteiger partial charge in [-0.3, -0.25) is 4.90 Å². The van der Waals surface area contributed by atoms with E-state index in [-0.39, 0.29) is 5.82 Å². The van der Waals surface area contributed by atoms with Crippen LogP contribution in [-0.2, 0) is 0 Å². The monoisotopic (exact) mass is 305 g/mol. The van der Waals surface area contributed by atoms with Gasteiger partial charge < -0.3 is 10.6 Å². The smallest absolute Gasteiger partial charge is 0.123 e. The number of nitrogens with two attached hydrogens (primary N) is 1. The molecule has 1 fully saturated rings. The average molecular weight is 305 g/mol. The third kappa shape index (κ3) is 3.26. The number of nitrogens with zero attached hydrogens (tertiary/aromatic N) is 2. The van der Waals surface area contributed by atoms with Crippen molar-refractivity contribution < 1.29 is 4.39 Å². The van der Waals surface area contributed by atoms with Gasteiger partial charge in [-0.25, -0.2) is 4.39 Å². The highest BCUT2D eigenvalue weighted by Crippen LogP contribution is 2.26. The van der Waals surface area contributed by atoms with E-state index in [0.29, 0.717) is 12.6 Å². The van der Waals surface area contributed by atoms with E-state index in [1.165, 1.54) is 17.0 Å². The summed E-state index contributed by atoms with van der Waals surface area (Å²) in [6, 6.07) is 11.3. The zero-order valence-electron chi connectivity index (χ0n) is 11.9. The van der Waals surface area contributed by atoms with Crippen LogP contribution in [0, 0.1) is 5.82 Å². The Hall–Kier alpha value is -1.43. The molecule has 0 aliphatic carbocycles. The number of hydrogen-bond donors (Lipinski definition) is 1. The van der Waals surface area contributed by atoms with Gasteiger partial charge in [-0.15, -0.1) is 11.3 Å². The number of piperazine rings is 1. The van der Waals surface area contributed by atoms with Crippen LogP contribution in [0.4, 0.5) is 10.1 Å². The predicted molar refractivity (Wildman–Crippen MR) is 86.3 cm³/mol. The van der Waals surface area contributed by atoms with Gasteiger partial charge >= 0.3 is 0 Å². The van der Waals surface area contributed by atoms with Gasteiger partial charge in [0, 0.05) is 43.3 Å². The molecule has 112 valence electrons. The van der Waals surface area contributed by atoms with E-state index in [4.69, 9.17) is 5.73 Å². The van der Waals surface area contributed by atoms with Crippen LogP contribution in [0.1, 0.15) is 10.9 Å². The topological polar surface area (TPSA) is 32.5 Å². The van der Waals surface area contributed by atoms with Crippen LogP contribution in [0.2, 0.25) is 0 Å². The Balaban J connectivity index is 1.63. The summed E-state index contributed by atoms with van der Waals surface area (Å²) in [7, 11) is 0. The van der Waals surface area contributed by atoms with E-state index in [2.05, 4.69) is 27.3 Å². The van der Waals surface area contributed by atoms with Crippen molar-refractivity contribution in [2.45, 2.75) is 6.04 Å². The minimum atomic E-state index is -0.182. The summed E-state index contributed by atoms with van der Waals surface area (Å²) in [5.74, 6) is -0.182. The van der Waals surface area contributed by atoms with E-state index in [0.717, 1.165) is 31.9 Å². The fraction of sp³-hybridized carbons (Fsp3) is 0.375. The summed E-state index contributed by atoms with van der Waals surface area (Å²) >= 11 is 1.77. The summed E-state index contributed by atoms with van der Waals surface area (Å²) in [4.78, 5) is 6.09. The Morgan fingerprint density at radius 1 is 1.10 bits per heavy atom. The van der Waals surface area contributed by atoms with Gasteiger partial charge in [0.2, 0.25) is 0 Å². The molecule has 1 atom stereocenters. The maximum Gasteiger partial charge on any atom is 0.123 e. The summed E-state index contributed by atoms with van der Waals surface area (Å²) in [5, 5.41) is 2.10. The highest BCUT2D eigenvalue weighted by molar-refractivity contribution is 7.10. The zero-order valence-corrected chi connectivity index (χ0v) is 12.7. The molecule has 1 aromatic carbocycles. The van der Waals surface area contributed by atoms with Crippen molar-refractivity contribution in [2.75, 3.05) is 37.6 Å². The SMILES string of the molecule is NCC(c1cccs1)N1CCN(c2ccc(F)cc2)CC1. The molecule has 0 radical (unpaired) electrons. The van der Waals surface area contributed by atoms with Gasteiger partial charge in [-0.1, -0.05) is 6.07 Å². The quantitative estimate of drug-likeness (QED) is 0.942. The minimum absolute atomic E-state index is 0.182. The fourth-order valence-corrected chi connectivity index (χ4v) is 3.74. The maximum atomic E-state index is 13.0. The third-order valence-corrected chi connectivity index (χ3v) is 5.02. The van der Waals surface area contributed by atoms with E-state index >= 15 is 0 Å². The number of rotatable bonds is 4. The van der Waals surface area contributed by atoms with E-state index < -0.39 is 0 Å². The lowest BCUT2D eigenvalue weighted by Crippen LogP contribution is -2.49. The second-order valence-electron chi connectivity index (χ2n) is 5.27. The van der Waals surface area contributed by atoms with Crippen LogP contribution >= 0.6 is 11.3 Å². The summed E-state index contributed by atoms with van der Waals surface area (Å²) in [6.45, 7) is 4.52. The van der Waals surface area contributed by atoms with Crippen LogP contribution in [0.3, 0.4) is 0 Å². The standard InChI is InChI=1S/C16H20FN3S/c17-13-3-5-14(6-4-13)19-7-9-20(10-8-19)15(12-18)16-2-1-11-21-16/h1-6,11,15H,7-10,12,18H2. The van der Waals surface area contributed by atoms with Crippen molar-refractivity contribution in [3.8, 4) is 0 Å². The van der Waals surface area contributed by atoms with Crippen LogP contribution in [0.15, 0.2) is 41.8 Å². The molecule has 1 aliphatic rings. The first-order valence-corrected chi connectivity index (χ1v) is 8.14. The Morgan fingerprint density at radius 2 is 1.81 bits per heavy atom. The molecule has 0 spiro atoms. The lowest BCUT2D eigenvalue weighted by Gasteiger charge is -2.39. The van der Waals surface area contributed by atoms with Gasteiger partial charge in [-0.05, 0) is 35.7 Å². The van der Waals surface area contributed by atoms with E-state index in [1.807, 2.05) is 12.1 Å². The number of thiophene rings is 1. The van der Waals surface area contributed by atoms with Gasteiger partial charge in [-0.2, -0.15) is 0 Å². The Bertz CT molecular complexity index is 547. The first-order chi connectivity index (χ1) is 10.3. The number of halogens is 1. The highest BCUT2D eigenvalue weighted by Gasteiger charge is 2.24. The average Bonchev–Trinajstić information content (AvgIpc) is 3.04. The molecule has 2 aromatic rings. The van der Waals surface area contributed by atoms with E-state index in [9.17, 15) is 4.39 Å². The molecular formula is C16H20FN3S. The molecule has 1 aliphatic heterocycles. The zero-order chi connectivity index (χ0) is 14.7. The minimum Gasteiger partial charge on any atom is -0.369 e. The van der Waals surface area contributed by atoms with Gasteiger partial charge in [0.15, 0.2) is 0 Å². The Morgan fingerprint density at radius 3 is 2.38 bits per heavy atom. The van der Waals surface area contributed by atoms with Crippen molar-refractivity contribution >= 4 is 17.0 Å². The third-order valence-electron chi connectivity index (χ3n) is 4.04. The van der Waals surface area contributed by atoms with Crippen LogP contribution < -0.4 is 10.6 Å². The largest absolute Gasteiger partial charge is 0.369 e. The van der Waals surface area contributed by atoms with Crippen molar-refractivity contribution in [1.82, 2.24) is 4.90 Å². The molecule has 3 rings (SSSR count). The number of hydrogen-bond acceptors (Lipinski definition) is 4. The molecule has 3 nitrogen and oxygen atoms in total. The normalized spacial score (nSPS) is 17.9. The lowest BCUT2D eigenvalue weighted by molar-refractivity contribution is 0.193. The van der Waals surface area contributed by atoms with Gasteiger partial charge in [0.25, 0.3) is 0 Å². The van der Waals surface area contributed by atoms with Crippen molar-refractivity contribution in [3.63, 3.8) is 0 Å². The maximum absolute atomic E-state index is 13.0. The van der Waals surface area contributed by atoms with Gasteiger partial charge in [0.05, 0.1) is 6.04 Å². The van der Waals surface area contributed by atoms with Crippen LogP contribution in [0.25, 0.3) is 0 Å². The second kappa shape index (κ2) is 6.56.